The van der Waals surface area contributed by atoms with E-state index in [1.807, 2.05) is 6.92 Å². The van der Waals surface area contributed by atoms with Crippen molar-refractivity contribution in [1.82, 2.24) is 15.6 Å². The Labute approximate surface area is 115 Å². The highest BCUT2D eigenvalue weighted by Gasteiger charge is 2.33. The number of aromatic carboxylic acids is 1. The minimum absolute atomic E-state index is 0.0139. The molecule has 1 aromatic heterocycles. The van der Waals surface area contributed by atoms with E-state index in [2.05, 4.69) is 15.6 Å². The summed E-state index contributed by atoms with van der Waals surface area (Å²) in [4.78, 5) is 26.5. The summed E-state index contributed by atoms with van der Waals surface area (Å²) in [5.74, 6) is -1.05. The molecule has 104 valence electrons. The molecule has 1 fully saturated rings. The number of rotatable bonds is 4. The van der Waals surface area contributed by atoms with Gasteiger partial charge in [-0.3, -0.25) is 0 Å². The Morgan fingerprint density at radius 1 is 1.53 bits per heavy atom. The zero-order valence-corrected chi connectivity index (χ0v) is 11.7. The number of urea groups is 1. The Morgan fingerprint density at radius 2 is 2.21 bits per heavy atom. The van der Waals surface area contributed by atoms with Crippen LogP contribution in [-0.2, 0) is 0 Å². The van der Waals surface area contributed by atoms with E-state index in [1.165, 1.54) is 16.7 Å². The summed E-state index contributed by atoms with van der Waals surface area (Å²) in [5.41, 5.74) is -0.0844. The molecule has 0 bridgehead atoms. The van der Waals surface area contributed by atoms with Gasteiger partial charge in [-0.2, -0.15) is 0 Å². The average Bonchev–Trinajstić information content (AvgIpc) is 2.75. The van der Waals surface area contributed by atoms with Gasteiger partial charge in [0.25, 0.3) is 0 Å². The topological polar surface area (TPSA) is 91.3 Å². The molecule has 0 radical (unpaired) electrons. The number of hydrogen-bond acceptors (Lipinski definition) is 4. The fourth-order valence-corrected chi connectivity index (χ4v) is 2.79. The molecule has 3 N–H and O–H groups in total. The molecule has 1 atom stereocenters. The van der Waals surface area contributed by atoms with Gasteiger partial charge in [-0.25, -0.2) is 14.6 Å². The van der Waals surface area contributed by atoms with E-state index in [4.69, 9.17) is 5.11 Å². The third kappa shape index (κ3) is 3.23. The second kappa shape index (κ2) is 5.16. The standard InChI is InChI=1S/C12H17N3O3S/c1-7(9-14-8(6-19-9)10(16)17)13-11(18)15-12(2)4-3-5-12/h6-7H,3-5H2,1-2H3,(H,16,17)(H2,13,15,18). The van der Waals surface area contributed by atoms with Gasteiger partial charge in [0.2, 0.25) is 0 Å². The molecule has 1 saturated carbocycles. The number of hydrogen-bond donors (Lipinski definition) is 3. The van der Waals surface area contributed by atoms with Crippen molar-refractivity contribution in [2.24, 2.45) is 0 Å². The number of carbonyl (C=O) groups excluding carboxylic acids is 1. The van der Waals surface area contributed by atoms with Crippen molar-refractivity contribution < 1.29 is 14.7 Å². The fraction of sp³-hybridized carbons (Fsp3) is 0.583. The summed E-state index contributed by atoms with van der Waals surface area (Å²) in [6.45, 7) is 3.81. The smallest absolute Gasteiger partial charge is 0.355 e. The third-order valence-electron chi connectivity index (χ3n) is 3.33. The van der Waals surface area contributed by atoms with E-state index in [1.54, 1.807) is 6.92 Å². The quantitative estimate of drug-likeness (QED) is 0.789. The van der Waals surface area contributed by atoms with E-state index in [-0.39, 0.29) is 23.3 Å². The molecule has 1 unspecified atom stereocenters. The Bertz CT molecular complexity index is 496. The molecule has 1 aromatic rings. The van der Waals surface area contributed by atoms with Crippen molar-refractivity contribution in [3.8, 4) is 0 Å². The van der Waals surface area contributed by atoms with Crippen molar-refractivity contribution >= 4 is 23.3 Å². The first kappa shape index (κ1) is 13.8. The van der Waals surface area contributed by atoms with E-state index in [0.29, 0.717) is 5.01 Å². The van der Waals surface area contributed by atoms with E-state index >= 15 is 0 Å². The van der Waals surface area contributed by atoms with Crippen LogP contribution in [0.4, 0.5) is 4.79 Å². The number of carboxylic acids is 1. The average molecular weight is 283 g/mol. The maximum Gasteiger partial charge on any atom is 0.355 e. The summed E-state index contributed by atoms with van der Waals surface area (Å²) in [5, 5.41) is 16.6. The SMILES string of the molecule is CC(NC(=O)NC1(C)CCC1)c1nc(C(=O)O)cs1. The monoisotopic (exact) mass is 283 g/mol. The van der Waals surface area contributed by atoms with Crippen LogP contribution in [0.2, 0.25) is 0 Å². The number of amides is 2. The van der Waals surface area contributed by atoms with Gasteiger partial charge in [0.15, 0.2) is 5.69 Å². The molecule has 1 heterocycles. The molecular weight excluding hydrogens is 266 g/mol. The van der Waals surface area contributed by atoms with Crippen LogP contribution in [-0.4, -0.2) is 27.6 Å². The van der Waals surface area contributed by atoms with Crippen molar-refractivity contribution in [3.05, 3.63) is 16.1 Å². The lowest BCUT2D eigenvalue weighted by atomic mass is 9.79. The third-order valence-corrected chi connectivity index (χ3v) is 4.36. The van der Waals surface area contributed by atoms with Gasteiger partial charge < -0.3 is 15.7 Å². The summed E-state index contributed by atoms with van der Waals surface area (Å²) in [7, 11) is 0. The predicted octanol–water partition coefficient (Wildman–Crippen LogP) is 2.14. The highest BCUT2D eigenvalue weighted by Crippen LogP contribution is 2.30. The predicted molar refractivity (Wildman–Crippen MR) is 71.4 cm³/mol. The molecule has 6 nitrogen and oxygen atoms in total. The Kier molecular flexibility index (Phi) is 3.75. The van der Waals surface area contributed by atoms with Crippen LogP contribution in [0.15, 0.2) is 5.38 Å². The normalized spacial score (nSPS) is 18.2. The molecule has 7 heteroatoms. The van der Waals surface area contributed by atoms with Crippen molar-refractivity contribution in [3.63, 3.8) is 0 Å². The fourth-order valence-electron chi connectivity index (χ4n) is 1.99. The van der Waals surface area contributed by atoms with Crippen LogP contribution < -0.4 is 10.6 Å². The number of thiazole rings is 1. The number of nitrogens with zero attached hydrogens (tertiary/aromatic N) is 1. The van der Waals surface area contributed by atoms with Crippen molar-refractivity contribution in [2.45, 2.75) is 44.7 Å². The maximum atomic E-state index is 11.8. The summed E-state index contributed by atoms with van der Waals surface area (Å²) >= 11 is 1.23. The van der Waals surface area contributed by atoms with Crippen LogP contribution in [0.25, 0.3) is 0 Å². The highest BCUT2D eigenvalue weighted by molar-refractivity contribution is 7.09. The van der Waals surface area contributed by atoms with Gasteiger partial charge in [0.05, 0.1) is 6.04 Å². The van der Waals surface area contributed by atoms with E-state index in [9.17, 15) is 9.59 Å². The lowest BCUT2D eigenvalue weighted by molar-refractivity contribution is 0.0691. The van der Waals surface area contributed by atoms with Crippen LogP contribution in [0.1, 0.15) is 54.6 Å². The highest BCUT2D eigenvalue weighted by atomic mass is 32.1. The number of aromatic nitrogens is 1. The summed E-state index contributed by atoms with van der Waals surface area (Å²) in [6.07, 6.45) is 3.13. The largest absolute Gasteiger partial charge is 0.476 e. The molecule has 19 heavy (non-hydrogen) atoms. The first-order valence-corrected chi connectivity index (χ1v) is 7.05. The summed E-state index contributed by atoms with van der Waals surface area (Å²) in [6, 6.07) is -0.538. The molecular formula is C12H17N3O3S. The van der Waals surface area contributed by atoms with E-state index in [0.717, 1.165) is 19.3 Å². The zero-order chi connectivity index (χ0) is 14.0. The molecule has 0 spiro atoms. The van der Waals surface area contributed by atoms with Gasteiger partial charge in [-0.15, -0.1) is 11.3 Å². The van der Waals surface area contributed by atoms with Gasteiger partial charge in [0, 0.05) is 10.9 Å². The molecule has 2 rings (SSSR count). The van der Waals surface area contributed by atoms with Crippen molar-refractivity contribution in [2.75, 3.05) is 0 Å². The van der Waals surface area contributed by atoms with Gasteiger partial charge in [-0.1, -0.05) is 0 Å². The first-order chi connectivity index (χ1) is 8.89. The minimum Gasteiger partial charge on any atom is -0.476 e. The van der Waals surface area contributed by atoms with Crippen LogP contribution in [0.5, 0.6) is 0 Å². The molecule has 0 saturated heterocycles. The second-order valence-corrected chi connectivity index (χ2v) is 6.00. The van der Waals surface area contributed by atoms with E-state index < -0.39 is 5.97 Å². The minimum atomic E-state index is -1.05. The Balaban J connectivity index is 1.90. The van der Waals surface area contributed by atoms with Gasteiger partial charge in [-0.05, 0) is 33.1 Å². The van der Waals surface area contributed by atoms with Crippen LogP contribution in [0.3, 0.4) is 0 Å². The Hall–Kier alpha value is -1.63. The molecule has 2 amide bonds. The van der Waals surface area contributed by atoms with Gasteiger partial charge >= 0.3 is 12.0 Å². The lowest BCUT2D eigenvalue weighted by Gasteiger charge is -2.39. The number of carbonyl (C=O) groups is 2. The first-order valence-electron chi connectivity index (χ1n) is 6.17. The number of carboxylic acid groups (broad SMARTS) is 1. The molecule has 1 aliphatic carbocycles. The molecule has 0 aromatic carbocycles. The Morgan fingerprint density at radius 3 is 2.68 bits per heavy atom. The zero-order valence-electron chi connectivity index (χ0n) is 10.9. The number of nitrogens with one attached hydrogen (secondary N) is 2. The molecule has 0 aliphatic heterocycles. The summed E-state index contributed by atoms with van der Waals surface area (Å²) < 4.78 is 0. The van der Waals surface area contributed by atoms with Gasteiger partial charge in [0.1, 0.15) is 5.01 Å². The maximum absolute atomic E-state index is 11.8. The van der Waals surface area contributed by atoms with Crippen LogP contribution >= 0.6 is 11.3 Å². The van der Waals surface area contributed by atoms with Crippen molar-refractivity contribution in [1.29, 1.82) is 0 Å². The molecule has 1 aliphatic rings. The lowest BCUT2D eigenvalue weighted by Crippen LogP contribution is -2.54. The second-order valence-electron chi connectivity index (χ2n) is 5.11. The van der Waals surface area contributed by atoms with Crippen LogP contribution in [0, 0.1) is 0 Å².